The normalized spacial score (nSPS) is 16.2. The van der Waals surface area contributed by atoms with Crippen LogP contribution >= 0.6 is 0 Å². The Kier molecular flexibility index (Phi) is 3.99. The summed E-state index contributed by atoms with van der Waals surface area (Å²) in [4.78, 5) is 3.79. The van der Waals surface area contributed by atoms with Gasteiger partial charge < -0.3 is 20.0 Å². The Hall–Kier alpha value is -4.70. The summed E-state index contributed by atoms with van der Waals surface area (Å²) in [6, 6.07) is 12.7. The second-order valence-corrected chi connectivity index (χ2v) is 10.4. The molecule has 1 aliphatic heterocycles. The summed E-state index contributed by atoms with van der Waals surface area (Å²) in [5.41, 5.74) is 3.09. The van der Waals surface area contributed by atoms with Crippen LogP contribution in [-0.2, 0) is 5.41 Å². The van der Waals surface area contributed by atoms with Crippen molar-refractivity contribution < 1.29 is 22.5 Å². The molecule has 0 bridgehead atoms. The van der Waals surface area contributed by atoms with Crippen molar-refractivity contribution in [2.75, 3.05) is 16.5 Å². The molecule has 1 aliphatic rings. The number of benzene rings is 5. The highest BCUT2D eigenvalue weighted by Gasteiger charge is 2.32. The molecule has 5 aromatic carbocycles. The van der Waals surface area contributed by atoms with E-state index >= 15 is 0 Å². The van der Waals surface area contributed by atoms with E-state index in [1.165, 1.54) is 0 Å². The number of hydrogen-bond donors (Lipinski definition) is 2. The van der Waals surface area contributed by atoms with Gasteiger partial charge in [0.25, 0.3) is 0 Å². The molecule has 0 aliphatic carbocycles. The average molecular weight is 522 g/mol. The number of hydrogen-bond acceptors (Lipinski definition) is 4. The lowest BCUT2D eigenvalue weighted by Gasteiger charge is -2.28. The van der Waals surface area contributed by atoms with Gasteiger partial charge in [-0.05, 0) is 58.5 Å². The molecule has 2 N–H and O–H groups in total. The Morgan fingerprint density at radius 1 is 0.667 bits per heavy atom. The Labute approximate surface area is 242 Å². The number of para-hydroxylation sites is 3. The molecular formula is C35H32N2O2. The van der Waals surface area contributed by atoms with Crippen LogP contribution in [0, 0.1) is 0 Å². The maximum absolute atomic E-state index is 10.8. The first-order chi connectivity index (χ1) is 22.5. The van der Waals surface area contributed by atoms with Gasteiger partial charge in [0, 0.05) is 22.9 Å². The zero-order valence-corrected chi connectivity index (χ0v) is 21.8. The quantitative estimate of drug-likeness (QED) is 0.248. The number of aromatic hydroxyl groups is 2. The van der Waals surface area contributed by atoms with Crippen molar-refractivity contribution in [3.63, 3.8) is 0 Å². The number of phenols is 2. The van der Waals surface area contributed by atoms with E-state index in [1.54, 1.807) is 30.3 Å². The lowest BCUT2D eigenvalue weighted by Crippen LogP contribution is -2.25. The fraction of sp³-hybridized carbons (Fsp3) is 0.143. The highest BCUT2D eigenvalue weighted by molar-refractivity contribution is 5.98. The standard InChI is InChI=1S/C35H32N2O2/c1-35(2,3)26-20-27(22-29(39)21-26)36-23-37(33-15-8-7-14-32(33)36)34-30(24-10-5-4-6-11-24)12-9-13-31(34)25-16-18-28(38)19-17-25/h4-22,38-39H,23H2,1-3H3/i4D,5D,6D,10D,11D,16D,17D,18D,19D. The van der Waals surface area contributed by atoms with E-state index in [0.717, 1.165) is 11.3 Å². The molecule has 194 valence electrons. The third kappa shape index (κ3) is 4.59. The van der Waals surface area contributed by atoms with Crippen molar-refractivity contribution in [2.24, 2.45) is 0 Å². The van der Waals surface area contributed by atoms with Gasteiger partial charge in [-0.1, -0.05) is 93.4 Å². The van der Waals surface area contributed by atoms with Crippen molar-refractivity contribution >= 4 is 22.7 Å². The van der Waals surface area contributed by atoms with E-state index in [0.29, 0.717) is 11.4 Å². The van der Waals surface area contributed by atoms with Gasteiger partial charge in [-0.15, -0.1) is 0 Å². The van der Waals surface area contributed by atoms with E-state index in [2.05, 4.69) is 0 Å². The third-order valence-corrected chi connectivity index (χ3v) is 6.78. The van der Waals surface area contributed by atoms with E-state index < -0.39 is 60.1 Å². The van der Waals surface area contributed by atoms with E-state index in [1.807, 2.05) is 60.9 Å². The molecule has 0 saturated heterocycles. The molecule has 39 heavy (non-hydrogen) atoms. The topological polar surface area (TPSA) is 46.9 Å². The van der Waals surface area contributed by atoms with E-state index in [4.69, 9.17) is 12.3 Å². The molecule has 0 atom stereocenters. The van der Waals surface area contributed by atoms with Crippen LogP contribution in [0.2, 0.25) is 0 Å². The molecule has 4 nitrogen and oxygen atoms in total. The monoisotopic (exact) mass is 521 g/mol. The van der Waals surface area contributed by atoms with E-state index in [9.17, 15) is 10.2 Å². The Balaban J connectivity index is 1.71. The minimum Gasteiger partial charge on any atom is -0.508 e. The molecule has 0 saturated carbocycles. The number of fused-ring (bicyclic) bond motifs is 1. The smallest absolute Gasteiger partial charge is 0.117 e. The van der Waals surface area contributed by atoms with Gasteiger partial charge in [-0.2, -0.15) is 0 Å². The maximum Gasteiger partial charge on any atom is 0.117 e. The Bertz CT molecular complexity index is 2000. The second kappa shape index (κ2) is 9.55. The summed E-state index contributed by atoms with van der Waals surface area (Å²) >= 11 is 0. The first-order valence-electron chi connectivity index (χ1n) is 17.0. The van der Waals surface area contributed by atoms with Gasteiger partial charge in [-0.25, -0.2) is 0 Å². The fourth-order valence-electron chi connectivity index (χ4n) is 4.87. The Morgan fingerprint density at radius 3 is 1.92 bits per heavy atom. The molecule has 0 spiro atoms. The molecule has 1 heterocycles. The number of nitrogens with zero attached hydrogens (tertiary/aromatic N) is 2. The molecule has 0 fully saturated rings. The molecule has 5 aromatic rings. The Morgan fingerprint density at radius 2 is 1.28 bits per heavy atom. The van der Waals surface area contributed by atoms with Gasteiger partial charge in [-0.3, -0.25) is 0 Å². The first kappa shape index (κ1) is 16.3. The van der Waals surface area contributed by atoms with Crippen LogP contribution < -0.4 is 9.80 Å². The molecular weight excluding hydrogens is 480 g/mol. The summed E-state index contributed by atoms with van der Waals surface area (Å²) < 4.78 is 76.9. The third-order valence-electron chi connectivity index (χ3n) is 6.78. The van der Waals surface area contributed by atoms with Crippen molar-refractivity contribution in [3.8, 4) is 33.8 Å². The van der Waals surface area contributed by atoms with Gasteiger partial charge in [0.05, 0.1) is 29.4 Å². The zero-order chi connectivity index (χ0) is 35.0. The predicted molar refractivity (Wildman–Crippen MR) is 161 cm³/mol. The minimum absolute atomic E-state index is 0.0707. The van der Waals surface area contributed by atoms with Crippen LogP contribution in [0.1, 0.15) is 38.7 Å². The van der Waals surface area contributed by atoms with Crippen LogP contribution in [0.25, 0.3) is 22.3 Å². The van der Waals surface area contributed by atoms with Crippen LogP contribution in [0.5, 0.6) is 11.5 Å². The molecule has 6 rings (SSSR count). The SMILES string of the molecule is [2H]c1c([2H])c([2H])c(-c2cccc(-c3c([2H])c([2H])c(O)c([2H])c3[2H])c2N2CN(c3cc(O)cc(C(C)(C)C)c3)c3ccccc32)c([2H])c1[2H]. The summed E-state index contributed by atoms with van der Waals surface area (Å²) in [5.74, 6) is -0.727. The van der Waals surface area contributed by atoms with Gasteiger partial charge in [0.1, 0.15) is 18.2 Å². The lowest BCUT2D eigenvalue weighted by atomic mass is 9.86. The first-order valence-corrected chi connectivity index (χ1v) is 12.5. The van der Waals surface area contributed by atoms with E-state index in [-0.39, 0.29) is 45.8 Å². The average Bonchev–Trinajstić information content (AvgIpc) is 3.43. The zero-order valence-electron chi connectivity index (χ0n) is 30.8. The van der Waals surface area contributed by atoms with Crippen molar-refractivity contribution in [2.45, 2.75) is 26.2 Å². The highest BCUT2D eigenvalue weighted by Crippen LogP contribution is 2.50. The molecule has 0 amide bonds. The number of phenolic OH excluding ortho intramolecular Hbond substituents is 2. The maximum atomic E-state index is 10.8. The van der Waals surface area contributed by atoms with Crippen LogP contribution in [-0.4, -0.2) is 16.9 Å². The summed E-state index contributed by atoms with van der Waals surface area (Å²) in [7, 11) is 0. The predicted octanol–water partition coefficient (Wildman–Crippen LogP) is 8.98. The van der Waals surface area contributed by atoms with Gasteiger partial charge in [0.2, 0.25) is 0 Å². The summed E-state index contributed by atoms with van der Waals surface area (Å²) in [6.07, 6.45) is 0. The number of rotatable bonds is 4. The summed E-state index contributed by atoms with van der Waals surface area (Å²) in [6.45, 7) is 6.21. The van der Waals surface area contributed by atoms with Crippen LogP contribution in [0.3, 0.4) is 0 Å². The molecule has 4 heteroatoms. The molecule has 0 aromatic heterocycles. The largest absolute Gasteiger partial charge is 0.508 e. The minimum atomic E-state index is -0.798. The molecule has 0 radical (unpaired) electrons. The van der Waals surface area contributed by atoms with Crippen LogP contribution in [0.4, 0.5) is 22.7 Å². The summed E-state index contributed by atoms with van der Waals surface area (Å²) in [5, 5.41) is 21.1. The lowest BCUT2D eigenvalue weighted by molar-refractivity contribution is 0.471. The van der Waals surface area contributed by atoms with Crippen LogP contribution in [0.15, 0.2) is 115 Å². The van der Waals surface area contributed by atoms with Crippen molar-refractivity contribution in [1.82, 2.24) is 0 Å². The van der Waals surface area contributed by atoms with Gasteiger partial charge >= 0.3 is 0 Å². The number of anilines is 4. The highest BCUT2D eigenvalue weighted by atomic mass is 16.3. The molecule has 0 unspecified atom stereocenters. The second-order valence-electron chi connectivity index (χ2n) is 10.4. The van der Waals surface area contributed by atoms with Gasteiger partial charge in [0.15, 0.2) is 0 Å². The van der Waals surface area contributed by atoms with Crippen molar-refractivity contribution in [1.29, 1.82) is 0 Å². The van der Waals surface area contributed by atoms with Crippen molar-refractivity contribution in [3.05, 3.63) is 121 Å². The fourth-order valence-corrected chi connectivity index (χ4v) is 4.87.